The first-order valence-electron chi connectivity index (χ1n) is 10.3. The highest BCUT2D eigenvalue weighted by Crippen LogP contribution is 2.51. The summed E-state index contributed by atoms with van der Waals surface area (Å²) in [6.07, 6.45) is 3.62. The van der Waals surface area contributed by atoms with Gasteiger partial charge in [-0.2, -0.15) is 0 Å². The van der Waals surface area contributed by atoms with Crippen molar-refractivity contribution in [2.24, 2.45) is 11.8 Å². The Morgan fingerprint density at radius 3 is 2.87 bits per heavy atom. The summed E-state index contributed by atoms with van der Waals surface area (Å²) < 4.78 is 10.2. The molecular formula is C22H27ClN2O5. The maximum absolute atomic E-state index is 13.6. The molecule has 1 aromatic carbocycles. The Morgan fingerprint density at radius 1 is 1.43 bits per heavy atom. The lowest BCUT2D eigenvalue weighted by Crippen LogP contribution is -2.57. The van der Waals surface area contributed by atoms with Crippen LogP contribution in [0.2, 0.25) is 5.02 Å². The van der Waals surface area contributed by atoms with Gasteiger partial charge < -0.3 is 19.9 Å². The molecule has 1 unspecified atom stereocenters. The second kappa shape index (κ2) is 7.78. The second-order valence-electron chi connectivity index (χ2n) is 8.32. The number of rotatable bonds is 4. The van der Waals surface area contributed by atoms with Crippen molar-refractivity contribution in [2.75, 3.05) is 32.6 Å². The Morgan fingerprint density at radius 2 is 2.20 bits per heavy atom. The van der Waals surface area contributed by atoms with Crippen LogP contribution in [0.1, 0.15) is 36.5 Å². The molecule has 0 radical (unpaired) electrons. The normalized spacial score (nSPS) is 30.7. The van der Waals surface area contributed by atoms with E-state index < -0.39 is 11.5 Å². The summed E-state index contributed by atoms with van der Waals surface area (Å²) >= 11 is 6.07. The van der Waals surface area contributed by atoms with Crippen LogP contribution < -0.4 is 5.32 Å². The smallest absolute Gasteiger partial charge is 0.337 e. The van der Waals surface area contributed by atoms with Crippen LogP contribution in [0.25, 0.3) is 0 Å². The molecule has 0 saturated carbocycles. The number of halogens is 1. The molecule has 0 amide bonds. The van der Waals surface area contributed by atoms with Crippen LogP contribution in [0, 0.1) is 11.8 Å². The van der Waals surface area contributed by atoms with Crippen LogP contribution in [0.4, 0.5) is 5.69 Å². The van der Waals surface area contributed by atoms with Crippen LogP contribution in [0.15, 0.2) is 24.0 Å². The lowest BCUT2D eigenvalue weighted by molar-refractivity contribution is -0.137. The maximum atomic E-state index is 13.6. The number of benzene rings is 1. The number of ether oxygens (including phenoxy) is 2. The number of hydrogen-bond acceptors (Lipinski definition) is 7. The molecule has 2 fully saturated rings. The Balaban J connectivity index is 1.71. The molecule has 7 nitrogen and oxygen atoms in total. The monoisotopic (exact) mass is 434 g/mol. The third-order valence-corrected chi connectivity index (χ3v) is 7.33. The molecule has 3 aliphatic heterocycles. The lowest BCUT2D eigenvalue weighted by Gasteiger charge is -2.45. The molecule has 4 atom stereocenters. The molecule has 0 bridgehead atoms. The van der Waals surface area contributed by atoms with E-state index in [0.29, 0.717) is 24.1 Å². The number of hydrogen-bond donors (Lipinski definition) is 2. The van der Waals surface area contributed by atoms with Gasteiger partial charge in [0.25, 0.3) is 0 Å². The molecule has 0 aromatic heterocycles. The number of carbonyl (C=O) groups excluding carboxylic acids is 2. The predicted octanol–water partition coefficient (Wildman–Crippen LogP) is 3.22. The largest absolute Gasteiger partial charge is 0.506 e. The Bertz CT molecular complexity index is 917. The van der Waals surface area contributed by atoms with E-state index in [1.54, 1.807) is 12.1 Å². The number of nitrogens with one attached hydrogen (secondary N) is 1. The summed E-state index contributed by atoms with van der Waals surface area (Å²) in [4.78, 5) is 28.4. The molecule has 30 heavy (non-hydrogen) atoms. The maximum Gasteiger partial charge on any atom is 0.337 e. The number of Topliss-reactive ketones (excluding diaryl/α,β-unsaturated/α-hetero) is 1. The molecule has 0 aliphatic carbocycles. The van der Waals surface area contributed by atoms with Gasteiger partial charge in [0, 0.05) is 24.8 Å². The van der Waals surface area contributed by atoms with E-state index in [-0.39, 0.29) is 40.0 Å². The van der Waals surface area contributed by atoms with Gasteiger partial charge in [-0.15, -0.1) is 0 Å². The molecule has 1 spiro atoms. The van der Waals surface area contributed by atoms with E-state index in [4.69, 9.17) is 21.1 Å². The van der Waals surface area contributed by atoms with Gasteiger partial charge in [-0.05, 0) is 36.8 Å². The highest BCUT2D eigenvalue weighted by atomic mass is 35.5. The topological polar surface area (TPSA) is 88.1 Å². The van der Waals surface area contributed by atoms with Gasteiger partial charge in [0.1, 0.15) is 11.3 Å². The quantitative estimate of drug-likeness (QED) is 0.427. The average Bonchev–Trinajstić information content (AvgIpc) is 3.25. The Kier molecular flexibility index (Phi) is 5.45. The van der Waals surface area contributed by atoms with Crippen molar-refractivity contribution in [2.45, 2.75) is 37.8 Å². The van der Waals surface area contributed by atoms with Crippen LogP contribution in [0.5, 0.6) is 5.75 Å². The number of anilines is 1. The van der Waals surface area contributed by atoms with Gasteiger partial charge >= 0.3 is 5.97 Å². The standard InChI is InChI=1S/C22H27ClN2O5/c1-4-12-10-25-8-7-22(17(25)9-13(12)14(11-29-2)21(28)30-3)20(27)18-16(24-22)6-5-15(23)19(18)26/h5-6,11-13,17,24,26H,4,7-10H2,1-3H3/b14-11+/t12-,13+,17?,22+/m1/s1. The zero-order valence-corrected chi connectivity index (χ0v) is 18.2. The van der Waals surface area contributed by atoms with E-state index in [9.17, 15) is 14.7 Å². The van der Waals surface area contributed by atoms with E-state index >= 15 is 0 Å². The summed E-state index contributed by atoms with van der Waals surface area (Å²) in [5, 5.41) is 14.0. The third kappa shape index (κ3) is 2.98. The minimum absolute atomic E-state index is 0.0888. The third-order valence-electron chi connectivity index (χ3n) is 7.03. The minimum Gasteiger partial charge on any atom is -0.506 e. The molecule has 1 aromatic rings. The van der Waals surface area contributed by atoms with Crippen molar-refractivity contribution >= 4 is 29.0 Å². The summed E-state index contributed by atoms with van der Waals surface area (Å²) in [5.74, 6) is -0.545. The van der Waals surface area contributed by atoms with Crippen LogP contribution in [-0.2, 0) is 14.3 Å². The van der Waals surface area contributed by atoms with Gasteiger partial charge in [-0.25, -0.2) is 4.79 Å². The summed E-state index contributed by atoms with van der Waals surface area (Å²) in [5.41, 5.74) is 0.538. The zero-order chi connectivity index (χ0) is 21.6. The Labute approximate surface area is 181 Å². The fourth-order valence-corrected chi connectivity index (χ4v) is 5.70. The number of carbonyl (C=O) groups is 2. The minimum atomic E-state index is -0.838. The molecule has 3 aliphatic rings. The molecular weight excluding hydrogens is 408 g/mol. The first-order valence-corrected chi connectivity index (χ1v) is 10.6. The SMILES string of the molecule is CC[C@@H]1CN2CC[C@]3(Nc4ccc(Cl)c(O)c4C3=O)C2C[C@@H]1/C(=C\OC)C(=O)OC. The molecule has 3 heterocycles. The van der Waals surface area contributed by atoms with E-state index in [1.165, 1.54) is 20.5 Å². The van der Waals surface area contributed by atoms with Gasteiger partial charge in [0.15, 0.2) is 5.78 Å². The van der Waals surface area contributed by atoms with Gasteiger partial charge in [0.05, 0.1) is 36.6 Å². The highest BCUT2D eigenvalue weighted by molar-refractivity contribution is 6.33. The van der Waals surface area contributed by atoms with Crippen molar-refractivity contribution in [3.63, 3.8) is 0 Å². The molecule has 8 heteroatoms. The zero-order valence-electron chi connectivity index (χ0n) is 17.4. The average molecular weight is 435 g/mol. The highest BCUT2D eigenvalue weighted by Gasteiger charge is 2.59. The Hall–Kier alpha value is -2.25. The van der Waals surface area contributed by atoms with Crippen molar-refractivity contribution < 1.29 is 24.2 Å². The number of methoxy groups -OCH3 is 2. The summed E-state index contributed by atoms with van der Waals surface area (Å²) in [6.45, 7) is 3.67. The molecule has 4 rings (SSSR count). The fraction of sp³-hybridized carbons (Fsp3) is 0.545. The number of nitrogens with zero attached hydrogens (tertiary/aromatic N) is 1. The number of ketones is 1. The van der Waals surface area contributed by atoms with Gasteiger partial charge in [-0.3, -0.25) is 9.69 Å². The van der Waals surface area contributed by atoms with E-state index in [0.717, 1.165) is 19.5 Å². The first kappa shape index (κ1) is 21.0. The summed E-state index contributed by atoms with van der Waals surface area (Å²) in [6, 6.07) is 3.22. The van der Waals surface area contributed by atoms with Crippen molar-refractivity contribution in [1.29, 1.82) is 0 Å². The van der Waals surface area contributed by atoms with Crippen molar-refractivity contribution in [1.82, 2.24) is 4.90 Å². The molecule has 2 saturated heterocycles. The van der Waals surface area contributed by atoms with Crippen LogP contribution >= 0.6 is 11.6 Å². The number of esters is 1. The fourth-order valence-electron chi connectivity index (χ4n) is 5.54. The van der Waals surface area contributed by atoms with E-state index in [1.807, 2.05) is 0 Å². The molecule has 2 N–H and O–H groups in total. The number of aromatic hydroxyl groups is 1. The number of piperidine rings is 1. The number of phenols is 1. The predicted molar refractivity (Wildman–Crippen MR) is 113 cm³/mol. The van der Waals surface area contributed by atoms with Gasteiger partial charge in [-0.1, -0.05) is 24.9 Å². The van der Waals surface area contributed by atoms with Crippen molar-refractivity contribution in [3.05, 3.63) is 34.6 Å². The number of phenolic OH excluding ortho intramolecular Hbond substituents is 1. The van der Waals surface area contributed by atoms with Crippen LogP contribution in [0.3, 0.4) is 0 Å². The van der Waals surface area contributed by atoms with Gasteiger partial charge in [0.2, 0.25) is 0 Å². The second-order valence-corrected chi connectivity index (χ2v) is 8.72. The summed E-state index contributed by atoms with van der Waals surface area (Å²) in [7, 11) is 2.88. The van der Waals surface area contributed by atoms with Crippen LogP contribution in [-0.4, -0.2) is 60.6 Å². The van der Waals surface area contributed by atoms with E-state index in [2.05, 4.69) is 17.1 Å². The van der Waals surface area contributed by atoms with Crippen molar-refractivity contribution in [3.8, 4) is 5.75 Å². The first-order chi connectivity index (χ1) is 14.4. The lowest BCUT2D eigenvalue weighted by atomic mass is 9.72. The number of fused-ring (bicyclic) bond motifs is 3. The molecule has 162 valence electrons.